The third kappa shape index (κ3) is 2.60. The zero-order chi connectivity index (χ0) is 19.6. The number of nitrogens with two attached hydrogens (primary N) is 1. The molecular weight excluding hydrogens is 378 g/mol. The summed E-state index contributed by atoms with van der Waals surface area (Å²) >= 11 is 1.16. The van der Waals surface area contributed by atoms with Gasteiger partial charge in [-0.15, -0.1) is 0 Å². The Labute approximate surface area is 158 Å². The lowest BCUT2D eigenvalue weighted by Crippen LogP contribution is -2.45. The molecule has 1 aliphatic carbocycles. The second-order valence-corrected chi connectivity index (χ2v) is 8.74. The monoisotopic (exact) mass is 396 g/mol. The molecule has 1 aromatic rings. The van der Waals surface area contributed by atoms with Gasteiger partial charge in [0.25, 0.3) is 5.69 Å². The van der Waals surface area contributed by atoms with Crippen molar-refractivity contribution in [2.45, 2.75) is 36.5 Å². The molecule has 1 saturated carbocycles. The van der Waals surface area contributed by atoms with Crippen molar-refractivity contribution in [1.29, 1.82) is 0 Å². The summed E-state index contributed by atoms with van der Waals surface area (Å²) in [5.41, 5.74) is 3.82. The average molecular weight is 396 g/mol. The Morgan fingerprint density at radius 1 is 1.41 bits per heavy atom. The van der Waals surface area contributed by atoms with Crippen LogP contribution in [0.2, 0.25) is 0 Å². The summed E-state index contributed by atoms with van der Waals surface area (Å²) < 4.78 is 27.8. The molecule has 2 fully saturated rings. The third-order valence-corrected chi connectivity index (χ3v) is 7.03. The molecule has 3 atom stereocenters. The van der Waals surface area contributed by atoms with E-state index in [1.807, 2.05) is 0 Å². The number of fused-ring (bicyclic) bond motifs is 1. The maximum atomic E-state index is 14.6. The van der Waals surface area contributed by atoms with E-state index in [1.165, 1.54) is 0 Å². The molecule has 10 heteroatoms. The van der Waals surface area contributed by atoms with Crippen molar-refractivity contribution in [2.75, 3.05) is 13.1 Å². The van der Waals surface area contributed by atoms with Gasteiger partial charge < -0.3 is 10.6 Å². The van der Waals surface area contributed by atoms with Crippen LogP contribution in [0.4, 0.5) is 14.5 Å². The molecule has 0 aromatic heterocycles. The van der Waals surface area contributed by atoms with Gasteiger partial charge >= 0.3 is 0 Å². The molecule has 2 N–H and O–H groups in total. The van der Waals surface area contributed by atoms with Gasteiger partial charge in [0.15, 0.2) is 16.8 Å². The van der Waals surface area contributed by atoms with E-state index in [2.05, 4.69) is 4.99 Å². The number of rotatable bonds is 3. The topological polar surface area (TPSA) is 102 Å². The molecule has 4 rings (SSSR count). The minimum Gasteiger partial charge on any atom is -0.378 e. The van der Waals surface area contributed by atoms with Crippen molar-refractivity contribution in [2.24, 2.45) is 16.6 Å². The molecule has 27 heavy (non-hydrogen) atoms. The van der Waals surface area contributed by atoms with Crippen LogP contribution >= 0.6 is 11.8 Å². The Balaban J connectivity index is 1.79. The SMILES string of the molecule is C[C@]1(c2cc([N+](=O)[O-])cc(F)c2F)N=C(N)S[C@@]2(C(=O)N3CCCC3)C[C@H]21. The summed E-state index contributed by atoms with van der Waals surface area (Å²) in [5, 5.41) is 11.2. The molecule has 7 nitrogen and oxygen atoms in total. The molecule has 2 heterocycles. The number of aliphatic imine (C=N–C) groups is 1. The fourth-order valence-electron chi connectivity index (χ4n) is 4.29. The van der Waals surface area contributed by atoms with Crippen molar-refractivity contribution in [1.82, 2.24) is 4.90 Å². The molecule has 1 amide bonds. The number of thioether (sulfide) groups is 1. The van der Waals surface area contributed by atoms with Gasteiger partial charge in [-0.2, -0.15) is 0 Å². The van der Waals surface area contributed by atoms with E-state index >= 15 is 0 Å². The van der Waals surface area contributed by atoms with Crippen LogP contribution in [0.1, 0.15) is 31.7 Å². The van der Waals surface area contributed by atoms with Crippen LogP contribution in [0.3, 0.4) is 0 Å². The second kappa shape index (κ2) is 5.88. The number of amidine groups is 1. The highest BCUT2D eigenvalue weighted by atomic mass is 32.2. The summed E-state index contributed by atoms with van der Waals surface area (Å²) in [6.45, 7) is 2.90. The third-order valence-electron chi connectivity index (χ3n) is 5.74. The maximum absolute atomic E-state index is 14.6. The van der Waals surface area contributed by atoms with E-state index in [0.29, 0.717) is 25.6 Å². The number of nitro groups is 1. The van der Waals surface area contributed by atoms with Gasteiger partial charge in [-0.25, -0.2) is 8.78 Å². The lowest BCUT2D eigenvalue weighted by molar-refractivity contribution is -0.385. The summed E-state index contributed by atoms with van der Waals surface area (Å²) in [7, 11) is 0. The van der Waals surface area contributed by atoms with Gasteiger partial charge in [-0.3, -0.25) is 19.9 Å². The van der Waals surface area contributed by atoms with Crippen LogP contribution in [0, 0.1) is 27.7 Å². The van der Waals surface area contributed by atoms with Gasteiger partial charge in [0.2, 0.25) is 5.91 Å². The predicted octanol–water partition coefficient (Wildman–Crippen LogP) is 2.53. The van der Waals surface area contributed by atoms with Gasteiger partial charge in [0.05, 0.1) is 16.5 Å². The van der Waals surface area contributed by atoms with Crippen LogP contribution in [0.15, 0.2) is 17.1 Å². The van der Waals surface area contributed by atoms with E-state index in [9.17, 15) is 23.7 Å². The van der Waals surface area contributed by atoms with Crippen molar-refractivity contribution in [3.8, 4) is 0 Å². The van der Waals surface area contributed by atoms with E-state index in [0.717, 1.165) is 30.7 Å². The van der Waals surface area contributed by atoms with Crippen LogP contribution in [-0.2, 0) is 10.3 Å². The Bertz CT molecular complexity index is 889. The average Bonchev–Trinajstić information content (AvgIpc) is 3.11. The standard InChI is InChI=1S/C17H18F2N4O3S/c1-16(10-6-9(23(25)26)7-11(18)13(10)19)12-8-17(12,27-15(20)21-16)14(24)22-4-2-3-5-22/h6-7,12H,2-5,8H2,1H3,(H2,20,21)/t12-,16+,17-/m0/s1. The number of nitrogens with zero attached hydrogens (tertiary/aromatic N) is 3. The molecule has 0 bridgehead atoms. The second-order valence-electron chi connectivity index (χ2n) is 7.39. The smallest absolute Gasteiger partial charge is 0.272 e. The molecule has 2 aliphatic heterocycles. The minimum atomic E-state index is -1.35. The number of amides is 1. The Kier molecular flexibility index (Phi) is 3.95. The summed E-state index contributed by atoms with van der Waals surface area (Å²) in [5.74, 6) is -2.98. The van der Waals surface area contributed by atoms with Crippen LogP contribution in [0.5, 0.6) is 0 Å². The van der Waals surface area contributed by atoms with Gasteiger partial charge in [0, 0.05) is 30.6 Å². The Hall–Kier alpha value is -2.23. The predicted molar refractivity (Wildman–Crippen MR) is 96.2 cm³/mol. The van der Waals surface area contributed by atoms with Crippen LogP contribution < -0.4 is 5.73 Å². The van der Waals surface area contributed by atoms with Crippen LogP contribution in [-0.4, -0.2) is 38.7 Å². The lowest BCUT2D eigenvalue weighted by atomic mass is 9.85. The molecule has 144 valence electrons. The first-order chi connectivity index (χ1) is 12.7. The first-order valence-corrected chi connectivity index (χ1v) is 9.48. The first-order valence-electron chi connectivity index (χ1n) is 8.66. The largest absolute Gasteiger partial charge is 0.378 e. The highest BCUT2D eigenvalue weighted by molar-refractivity contribution is 8.15. The lowest BCUT2D eigenvalue weighted by Gasteiger charge is -2.35. The van der Waals surface area contributed by atoms with E-state index in [4.69, 9.17) is 5.73 Å². The number of benzene rings is 1. The number of carbonyl (C=O) groups excluding carboxylic acids is 1. The number of hydrogen-bond acceptors (Lipinski definition) is 6. The molecule has 0 radical (unpaired) electrons. The van der Waals surface area contributed by atoms with E-state index in [-0.39, 0.29) is 16.6 Å². The number of likely N-dealkylation sites (tertiary alicyclic amines) is 1. The van der Waals surface area contributed by atoms with E-state index < -0.39 is 38.4 Å². The number of non-ortho nitro benzene ring substituents is 1. The Morgan fingerprint density at radius 2 is 2.07 bits per heavy atom. The summed E-state index contributed by atoms with van der Waals surface area (Å²) in [4.78, 5) is 29.5. The highest BCUT2D eigenvalue weighted by Crippen LogP contribution is 2.66. The Morgan fingerprint density at radius 3 is 2.70 bits per heavy atom. The molecule has 3 aliphatic rings. The minimum absolute atomic E-state index is 0.0645. The highest BCUT2D eigenvalue weighted by Gasteiger charge is 2.71. The molecule has 1 aromatic carbocycles. The number of halogens is 2. The zero-order valence-corrected chi connectivity index (χ0v) is 15.4. The summed E-state index contributed by atoms with van der Waals surface area (Å²) in [6.07, 6.45) is 2.28. The van der Waals surface area contributed by atoms with Crippen molar-refractivity contribution in [3.05, 3.63) is 39.4 Å². The van der Waals surface area contributed by atoms with Gasteiger partial charge in [0.1, 0.15) is 4.75 Å². The first kappa shape index (κ1) is 18.1. The van der Waals surface area contributed by atoms with E-state index in [1.54, 1.807) is 11.8 Å². The number of hydrogen-bond donors (Lipinski definition) is 1. The summed E-state index contributed by atoms with van der Waals surface area (Å²) in [6, 6.07) is 1.54. The van der Waals surface area contributed by atoms with Crippen molar-refractivity contribution < 1.29 is 18.5 Å². The van der Waals surface area contributed by atoms with Gasteiger partial charge in [-0.05, 0) is 26.2 Å². The quantitative estimate of drug-likeness (QED) is 0.625. The number of carbonyl (C=O) groups is 1. The molecular formula is C17H18F2N4O3S. The maximum Gasteiger partial charge on any atom is 0.272 e. The van der Waals surface area contributed by atoms with Crippen LogP contribution in [0.25, 0.3) is 0 Å². The number of nitro benzene ring substituents is 1. The zero-order valence-electron chi connectivity index (χ0n) is 14.6. The molecule has 0 spiro atoms. The van der Waals surface area contributed by atoms with Gasteiger partial charge in [-0.1, -0.05) is 11.8 Å². The fourth-order valence-corrected chi connectivity index (χ4v) is 5.74. The molecule has 0 unspecified atom stereocenters. The van der Waals surface area contributed by atoms with Crippen molar-refractivity contribution in [3.63, 3.8) is 0 Å². The van der Waals surface area contributed by atoms with Crippen molar-refractivity contribution >= 4 is 28.5 Å². The molecule has 1 saturated heterocycles. The fraction of sp³-hybridized carbons (Fsp3) is 0.529. The normalized spacial score (nSPS) is 32.0.